The summed E-state index contributed by atoms with van der Waals surface area (Å²) in [6, 6.07) is 57.8. The molecule has 232 valence electrons. The number of hydrogen-bond acceptors (Lipinski definition) is 2. The molecular weight excluding hydrogens is 595 g/mol. The van der Waals surface area contributed by atoms with Crippen molar-refractivity contribution < 1.29 is 4.42 Å². The van der Waals surface area contributed by atoms with Crippen molar-refractivity contribution in [1.82, 2.24) is 0 Å². The molecule has 11 rings (SSSR count). The first-order chi connectivity index (χ1) is 24.3. The number of para-hydroxylation sites is 2. The standard InChI is InChI=1S/C47H33NO/c1-3-10-30(11-4-1)31-18-21-35(22-19-31)48-41-24-20-33(37-15-9-16-39-38-14-7-8-17-43(38)49-46(37)39)28-40(41)47-27-26-34(29-47)44-36(23-25-42(48)45(44)47)32-12-5-2-6-13-32/h1-25,28,34H,26-27,29H2. The fourth-order valence-electron chi connectivity index (χ4n) is 9.59. The third-order valence-electron chi connectivity index (χ3n) is 11.7. The first-order valence-corrected chi connectivity index (χ1v) is 17.5. The maximum Gasteiger partial charge on any atom is 0.143 e. The predicted octanol–water partition coefficient (Wildman–Crippen LogP) is 12.9. The molecule has 49 heavy (non-hydrogen) atoms. The summed E-state index contributed by atoms with van der Waals surface area (Å²) in [5.41, 5.74) is 17.8. The Kier molecular flexibility index (Phi) is 5.58. The van der Waals surface area contributed by atoms with Gasteiger partial charge in [0.05, 0.1) is 11.4 Å². The van der Waals surface area contributed by atoms with Crippen molar-refractivity contribution >= 4 is 39.0 Å². The van der Waals surface area contributed by atoms with Crippen LogP contribution in [0.4, 0.5) is 17.1 Å². The second kappa shape index (κ2) is 10.1. The van der Waals surface area contributed by atoms with Crippen LogP contribution in [0, 0.1) is 0 Å². The lowest BCUT2D eigenvalue weighted by atomic mass is 9.68. The Hall–Kier alpha value is -5.86. The lowest BCUT2D eigenvalue weighted by Crippen LogP contribution is -2.33. The average molecular weight is 628 g/mol. The van der Waals surface area contributed by atoms with Crippen molar-refractivity contribution in [3.05, 3.63) is 174 Å². The Labute approximate surface area is 285 Å². The molecule has 1 fully saturated rings. The van der Waals surface area contributed by atoms with E-state index in [2.05, 4.69) is 163 Å². The maximum absolute atomic E-state index is 6.55. The number of rotatable bonds is 4. The summed E-state index contributed by atoms with van der Waals surface area (Å²) in [4.78, 5) is 2.54. The van der Waals surface area contributed by atoms with Crippen LogP contribution in [0.3, 0.4) is 0 Å². The molecule has 0 N–H and O–H groups in total. The van der Waals surface area contributed by atoms with Gasteiger partial charge in [-0.05, 0) is 106 Å². The molecule has 0 amide bonds. The second-order valence-corrected chi connectivity index (χ2v) is 14.1. The topological polar surface area (TPSA) is 16.4 Å². The van der Waals surface area contributed by atoms with Crippen LogP contribution in [-0.2, 0) is 5.41 Å². The van der Waals surface area contributed by atoms with Crippen LogP contribution in [0.25, 0.3) is 55.3 Å². The van der Waals surface area contributed by atoms with Crippen LogP contribution in [0.5, 0.6) is 0 Å². The van der Waals surface area contributed by atoms with E-state index >= 15 is 0 Å². The van der Waals surface area contributed by atoms with Gasteiger partial charge in [0.15, 0.2) is 0 Å². The fourth-order valence-corrected chi connectivity index (χ4v) is 9.59. The lowest BCUT2D eigenvalue weighted by molar-refractivity contribution is 0.545. The van der Waals surface area contributed by atoms with E-state index in [1.54, 1.807) is 11.1 Å². The van der Waals surface area contributed by atoms with Crippen molar-refractivity contribution in [2.45, 2.75) is 30.6 Å². The maximum atomic E-state index is 6.55. The molecule has 8 aromatic rings. The summed E-state index contributed by atoms with van der Waals surface area (Å²) in [6.45, 7) is 0. The lowest BCUT2D eigenvalue weighted by Gasteiger charge is -2.44. The molecule has 2 atom stereocenters. The Balaban J connectivity index is 1.15. The van der Waals surface area contributed by atoms with Gasteiger partial charge in [0.2, 0.25) is 0 Å². The van der Waals surface area contributed by atoms with E-state index in [0.717, 1.165) is 16.7 Å². The highest BCUT2D eigenvalue weighted by atomic mass is 16.3. The second-order valence-electron chi connectivity index (χ2n) is 14.1. The van der Waals surface area contributed by atoms with Gasteiger partial charge in [0.25, 0.3) is 0 Å². The largest absolute Gasteiger partial charge is 0.455 e. The van der Waals surface area contributed by atoms with Crippen molar-refractivity contribution in [3.8, 4) is 33.4 Å². The third-order valence-corrected chi connectivity index (χ3v) is 11.7. The van der Waals surface area contributed by atoms with Gasteiger partial charge in [-0.3, -0.25) is 0 Å². The predicted molar refractivity (Wildman–Crippen MR) is 202 cm³/mol. The summed E-state index contributed by atoms with van der Waals surface area (Å²) >= 11 is 0. The van der Waals surface area contributed by atoms with Crippen molar-refractivity contribution in [2.24, 2.45) is 0 Å². The van der Waals surface area contributed by atoms with Crippen LogP contribution in [0.15, 0.2) is 162 Å². The van der Waals surface area contributed by atoms with Gasteiger partial charge in [-0.1, -0.05) is 121 Å². The van der Waals surface area contributed by atoms with Gasteiger partial charge in [-0.25, -0.2) is 0 Å². The third kappa shape index (κ3) is 3.77. The molecule has 1 aliphatic heterocycles. The molecule has 1 spiro atoms. The Morgan fingerprint density at radius 2 is 1.24 bits per heavy atom. The van der Waals surface area contributed by atoms with Crippen molar-refractivity contribution in [1.29, 1.82) is 0 Å². The normalized spacial score (nSPS) is 18.6. The summed E-state index contributed by atoms with van der Waals surface area (Å²) in [5.74, 6) is 0.556. The van der Waals surface area contributed by atoms with Crippen LogP contribution in [-0.4, -0.2) is 0 Å². The minimum Gasteiger partial charge on any atom is -0.455 e. The van der Waals surface area contributed by atoms with E-state index in [9.17, 15) is 0 Å². The molecule has 2 bridgehead atoms. The highest BCUT2D eigenvalue weighted by Gasteiger charge is 2.56. The highest BCUT2D eigenvalue weighted by Crippen LogP contribution is 2.69. The smallest absolute Gasteiger partial charge is 0.143 e. The summed E-state index contributed by atoms with van der Waals surface area (Å²) in [7, 11) is 0. The number of hydrogen-bond donors (Lipinski definition) is 0. The Morgan fingerprint density at radius 3 is 2.08 bits per heavy atom. The first kappa shape index (κ1) is 27.1. The number of anilines is 3. The van der Waals surface area contributed by atoms with Gasteiger partial charge in [-0.2, -0.15) is 0 Å². The van der Waals surface area contributed by atoms with Crippen molar-refractivity contribution in [3.63, 3.8) is 0 Å². The van der Waals surface area contributed by atoms with Gasteiger partial charge >= 0.3 is 0 Å². The van der Waals surface area contributed by atoms with Gasteiger partial charge in [-0.15, -0.1) is 0 Å². The van der Waals surface area contributed by atoms with Crippen LogP contribution < -0.4 is 4.90 Å². The van der Waals surface area contributed by atoms with E-state index in [0.29, 0.717) is 5.92 Å². The van der Waals surface area contributed by atoms with Crippen LogP contribution in [0.1, 0.15) is 41.9 Å². The zero-order valence-corrected chi connectivity index (χ0v) is 27.1. The van der Waals surface area contributed by atoms with E-state index in [4.69, 9.17) is 4.42 Å². The Morgan fingerprint density at radius 1 is 0.551 bits per heavy atom. The molecule has 0 radical (unpaired) electrons. The average Bonchev–Trinajstić information content (AvgIpc) is 3.88. The molecule has 1 saturated carbocycles. The zero-order valence-electron chi connectivity index (χ0n) is 27.1. The molecule has 0 saturated heterocycles. The summed E-state index contributed by atoms with van der Waals surface area (Å²) in [5, 5.41) is 2.34. The summed E-state index contributed by atoms with van der Waals surface area (Å²) < 4.78 is 6.55. The number of nitrogens with zero attached hydrogens (tertiary/aromatic N) is 1. The quantitative estimate of drug-likeness (QED) is 0.193. The molecule has 2 heterocycles. The number of fused-ring (bicyclic) bond motifs is 6. The first-order valence-electron chi connectivity index (χ1n) is 17.5. The van der Waals surface area contributed by atoms with Crippen LogP contribution >= 0.6 is 0 Å². The van der Waals surface area contributed by atoms with Crippen LogP contribution in [0.2, 0.25) is 0 Å². The minimum absolute atomic E-state index is 0.00623. The van der Waals surface area contributed by atoms with E-state index < -0.39 is 0 Å². The fraction of sp³-hybridized carbons (Fsp3) is 0.106. The van der Waals surface area contributed by atoms with E-state index in [-0.39, 0.29) is 5.41 Å². The molecule has 2 heteroatoms. The van der Waals surface area contributed by atoms with E-state index in [1.807, 2.05) is 0 Å². The molecule has 7 aromatic carbocycles. The van der Waals surface area contributed by atoms with Gasteiger partial charge in [0, 0.05) is 27.4 Å². The highest BCUT2D eigenvalue weighted by molar-refractivity contribution is 6.09. The molecule has 2 aliphatic carbocycles. The van der Waals surface area contributed by atoms with Crippen molar-refractivity contribution in [2.75, 3.05) is 4.90 Å². The number of furan rings is 1. The summed E-state index contributed by atoms with van der Waals surface area (Å²) in [6.07, 6.45) is 3.58. The molecule has 2 nitrogen and oxygen atoms in total. The van der Waals surface area contributed by atoms with E-state index in [1.165, 1.54) is 80.5 Å². The SMILES string of the molecule is c1ccc(-c2ccc(N3c4ccc(-c5cccc6c5oc5ccccc56)cc4C45CCC(C4)c4c(-c6ccccc6)ccc3c45)cc2)cc1. The molecular formula is C47H33NO. The monoisotopic (exact) mass is 627 g/mol. The number of benzene rings is 7. The molecule has 2 unspecified atom stereocenters. The molecule has 1 aromatic heterocycles. The minimum atomic E-state index is -0.00623. The van der Waals surface area contributed by atoms with Gasteiger partial charge in [0.1, 0.15) is 11.2 Å². The molecule has 3 aliphatic rings. The Bertz CT molecular complexity index is 2580. The van der Waals surface area contributed by atoms with Gasteiger partial charge < -0.3 is 9.32 Å². The zero-order chi connectivity index (χ0) is 32.1.